The highest BCUT2D eigenvalue weighted by atomic mass is 19.2. The molecule has 224 valence electrons. The Bertz CT molecular complexity index is 1580. The summed E-state index contributed by atoms with van der Waals surface area (Å²) in [5, 5.41) is 2.45. The second kappa shape index (κ2) is 14.1. The number of imidazole rings is 1. The Morgan fingerprint density at radius 1 is 1.17 bits per heavy atom. The zero-order valence-corrected chi connectivity index (χ0v) is 23.6. The van der Waals surface area contributed by atoms with Crippen molar-refractivity contribution in [2.24, 2.45) is 0 Å². The second-order valence-corrected chi connectivity index (χ2v) is 9.33. The third-order valence-electron chi connectivity index (χ3n) is 6.18. The van der Waals surface area contributed by atoms with Crippen molar-refractivity contribution in [3.63, 3.8) is 0 Å². The number of nitrogens with zero attached hydrogens (tertiary/aromatic N) is 4. The smallest absolute Gasteiger partial charge is 0.420 e. The van der Waals surface area contributed by atoms with Crippen LogP contribution in [0.1, 0.15) is 31.2 Å². The van der Waals surface area contributed by atoms with Gasteiger partial charge in [-0.2, -0.15) is 0 Å². The number of halogens is 2. The lowest BCUT2D eigenvalue weighted by atomic mass is 10.0. The third-order valence-corrected chi connectivity index (χ3v) is 6.18. The number of alkyl carbamates (subject to hydrolysis) is 1. The molecule has 2 aromatic heterocycles. The summed E-state index contributed by atoms with van der Waals surface area (Å²) in [7, 11) is 4.34. The summed E-state index contributed by atoms with van der Waals surface area (Å²) >= 11 is 0. The molecule has 3 rings (SSSR count). The molecule has 1 atom stereocenters. The van der Waals surface area contributed by atoms with Gasteiger partial charge in [-0.05, 0) is 31.9 Å². The molecule has 14 heteroatoms. The monoisotopic (exact) mass is 587 g/mol. The van der Waals surface area contributed by atoms with Crippen molar-refractivity contribution in [1.29, 1.82) is 0 Å². The molecule has 0 saturated heterocycles. The van der Waals surface area contributed by atoms with Crippen molar-refractivity contribution < 1.29 is 37.4 Å². The lowest BCUT2D eigenvalue weighted by Gasteiger charge is -2.16. The van der Waals surface area contributed by atoms with E-state index in [0.717, 1.165) is 23.8 Å². The van der Waals surface area contributed by atoms with Crippen molar-refractivity contribution in [2.75, 3.05) is 27.8 Å². The van der Waals surface area contributed by atoms with Crippen molar-refractivity contribution in [2.45, 2.75) is 38.8 Å². The average molecular weight is 588 g/mol. The Hall–Kier alpha value is -4.88. The number of hydrogen-bond donors (Lipinski definition) is 1. The predicted molar refractivity (Wildman–Crippen MR) is 147 cm³/mol. The molecule has 1 aromatic carbocycles. The van der Waals surface area contributed by atoms with Gasteiger partial charge in [-0.25, -0.2) is 27.9 Å². The van der Waals surface area contributed by atoms with Crippen molar-refractivity contribution in [1.82, 2.24) is 24.3 Å². The van der Waals surface area contributed by atoms with Crippen LogP contribution in [-0.2, 0) is 32.0 Å². The number of methoxy groups -OCH3 is 1. The number of rotatable bonds is 11. The molecular weight excluding hydrogens is 556 g/mol. The number of aromatic nitrogens is 3. The minimum atomic E-state index is -1.19. The van der Waals surface area contributed by atoms with Gasteiger partial charge in [-0.1, -0.05) is 12.1 Å². The maximum absolute atomic E-state index is 14.0. The van der Waals surface area contributed by atoms with E-state index in [1.54, 1.807) is 27.1 Å². The van der Waals surface area contributed by atoms with Crippen LogP contribution in [0.25, 0.3) is 11.0 Å². The van der Waals surface area contributed by atoms with E-state index in [4.69, 9.17) is 4.74 Å². The highest BCUT2D eigenvalue weighted by Crippen LogP contribution is 2.21. The summed E-state index contributed by atoms with van der Waals surface area (Å²) in [6.07, 6.45) is 2.68. The lowest BCUT2D eigenvalue weighted by Crippen LogP contribution is -2.42. The Kier molecular flexibility index (Phi) is 10.7. The van der Waals surface area contributed by atoms with Crippen LogP contribution in [0, 0.1) is 11.6 Å². The fourth-order valence-corrected chi connectivity index (χ4v) is 4.04. The van der Waals surface area contributed by atoms with Crippen LogP contribution in [0.4, 0.5) is 18.4 Å². The van der Waals surface area contributed by atoms with E-state index >= 15 is 0 Å². The van der Waals surface area contributed by atoms with Crippen LogP contribution in [-0.4, -0.2) is 76.7 Å². The minimum absolute atomic E-state index is 0.00168. The summed E-state index contributed by atoms with van der Waals surface area (Å²) in [4.78, 5) is 68.3. The summed E-state index contributed by atoms with van der Waals surface area (Å²) < 4.78 is 39.6. The fraction of sp³-hybridized carbons (Fsp3) is 0.357. The molecular formula is C28H31F2N5O7. The van der Waals surface area contributed by atoms with Crippen LogP contribution in [0.2, 0.25) is 0 Å². The number of amides is 2. The zero-order valence-electron chi connectivity index (χ0n) is 23.6. The standard InChI is InChI=1S/C28H31F2N5O7/c1-5-42-28(40)35-22-15-19(30)18(29)14-21(22)31-24(35)16-34-12-8-9-17(26(34)38)13-23(36)20(32-27(39)41-4)10-6-7-11-25(37)33(2)3/h7-9,11-12,14-15,20H,5-6,10,13,16H2,1-4H3,(H,32,39)/b11-7+/t20-/m0/s1. The number of hydrogen-bond acceptors (Lipinski definition) is 8. The SMILES string of the molecule is CCOC(=O)n1c(Cn2cccc(CC(=O)[C@H](CC/C=C/C(=O)N(C)C)NC(=O)OC)c2=O)nc2cc(F)c(F)cc21. The molecule has 0 aliphatic rings. The van der Waals surface area contributed by atoms with Crippen LogP contribution >= 0.6 is 0 Å². The molecule has 1 N–H and O–H groups in total. The number of likely N-dealkylation sites (N-methyl/N-ethyl adjacent to an activating group) is 1. The van der Waals surface area contributed by atoms with Crippen molar-refractivity contribution >= 4 is 34.9 Å². The first-order chi connectivity index (χ1) is 20.0. The van der Waals surface area contributed by atoms with Crippen molar-refractivity contribution in [3.8, 4) is 0 Å². The maximum Gasteiger partial charge on any atom is 0.420 e. The van der Waals surface area contributed by atoms with Gasteiger partial charge < -0.3 is 24.3 Å². The third kappa shape index (κ3) is 7.65. The van der Waals surface area contributed by atoms with Crippen LogP contribution < -0.4 is 10.9 Å². The number of fused-ring (bicyclic) bond motifs is 1. The normalized spacial score (nSPS) is 11.9. The van der Waals surface area contributed by atoms with Crippen LogP contribution in [0.5, 0.6) is 0 Å². The molecule has 0 saturated carbocycles. The van der Waals surface area contributed by atoms with Gasteiger partial charge in [0.1, 0.15) is 5.82 Å². The van der Waals surface area contributed by atoms with Gasteiger partial charge in [0.25, 0.3) is 5.56 Å². The van der Waals surface area contributed by atoms with Crippen LogP contribution in [0.3, 0.4) is 0 Å². The topological polar surface area (TPSA) is 142 Å². The average Bonchev–Trinajstić information content (AvgIpc) is 3.28. The number of carbonyl (C=O) groups is 4. The summed E-state index contributed by atoms with van der Waals surface area (Å²) in [6.45, 7) is 1.29. The predicted octanol–water partition coefficient (Wildman–Crippen LogP) is 2.79. The highest BCUT2D eigenvalue weighted by Gasteiger charge is 2.24. The van der Waals surface area contributed by atoms with E-state index < -0.39 is 41.2 Å². The lowest BCUT2D eigenvalue weighted by molar-refractivity contribution is -0.123. The Morgan fingerprint density at radius 3 is 2.55 bits per heavy atom. The van der Waals surface area contributed by atoms with Gasteiger partial charge in [0.05, 0.1) is 37.3 Å². The molecule has 12 nitrogen and oxygen atoms in total. The number of carbonyl (C=O) groups excluding carboxylic acids is 4. The number of ether oxygens (including phenoxy) is 2. The maximum atomic E-state index is 14.0. The quantitative estimate of drug-likeness (QED) is 0.338. The first-order valence-corrected chi connectivity index (χ1v) is 12.9. The molecule has 0 unspecified atom stereocenters. The second-order valence-electron chi connectivity index (χ2n) is 9.33. The molecule has 0 spiro atoms. The Morgan fingerprint density at radius 2 is 1.88 bits per heavy atom. The first kappa shape index (κ1) is 31.6. The van der Waals surface area contributed by atoms with Gasteiger partial charge in [0.15, 0.2) is 17.4 Å². The number of pyridine rings is 1. The van der Waals surface area contributed by atoms with E-state index in [0.29, 0.717) is 0 Å². The molecule has 0 aliphatic heterocycles. The van der Waals surface area contributed by atoms with Crippen LogP contribution in [0.15, 0.2) is 47.4 Å². The first-order valence-electron chi connectivity index (χ1n) is 12.9. The van der Waals surface area contributed by atoms with Crippen molar-refractivity contribution in [3.05, 3.63) is 76.0 Å². The molecule has 0 radical (unpaired) electrons. The summed E-state index contributed by atoms with van der Waals surface area (Å²) in [6, 6.07) is 3.60. The molecule has 2 amide bonds. The number of Topliss-reactive ketones (excluding diaryl/α,β-unsaturated/α-hetero) is 1. The number of nitrogens with one attached hydrogen (secondary N) is 1. The largest absolute Gasteiger partial charge is 0.453 e. The number of benzene rings is 1. The van der Waals surface area contributed by atoms with E-state index in [1.807, 2.05) is 0 Å². The van der Waals surface area contributed by atoms with E-state index in [2.05, 4.69) is 15.0 Å². The molecule has 0 bridgehead atoms. The molecule has 0 fully saturated rings. The molecule has 42 heavy (non-hydrogen) atoms. The van der Waals surface area contributed by atoms with Gasteiger partial charge in [-0.3, -0.25) is 14.4 Å². The molecule has 2 heterocycles. The van der Waals surface area contributed by atoms with Gasteiger partial charge in [0.2, 0.25) is 5.91 Å². The molecule has 3 aromatic rings. The van der Waals surface area contributed by atoms with E-state index in [9.17, 15) is 32.8 Å². The summed E-state index contributed by atoms with van der Waals surface area (Å²) in [5.41, 5.74) is -0.554. The van der Waals surface area contributed by atoms with E-state index in [-0.39, 0.29) is 60.7 Å². The van der Waals surface area contributed by atoms with E-state index in [1.165, 1.54) is 33.9 Å². The summed E-state index contributed by atoms with van der Waals surface area (Å²) in [5.74, 6) is -3.09. The fourth-order valence-electron chi connectivity index (χ4n) is 4.04. The number of allylic oxidation sites excluding steroid dienone is 1. The molecule has 0 aliphatic carbocycles. The van der Waals surface area contributed by atoms with Gasteiger partial charge in [-0.15, -0.1) is 0 Å². The Balaban J connectivity index is 1.87. The van der Waals surface area contributed by atoms with Gasteiger partial charge >= 0.3 is 12.2 Å². The Labute approximate surface area is 239 Å². The van der Waals surface area contributed by atoms with Gasteiger partial charge in [0, 0.05) is 44.4 Å². The number of ketones is 1. The minimum Gasteiger partial charge on any atom is -0.453 e. The zero-order chi connectivity index (χ0) is 31.0. The highest BCUT2D eigenvalue weighted by molar-refractivity contribution is 5.89.